The molecule has 0 rings (SSSR count). The van der Waals surface area contributed by atoms with Gasteiger partial charge in [-0.05, 0) is 0 Å². The molecule has 0 amide bonds. The van der Waals surface area contributed by atoms with Crippen LogP contribution >= 0.6 is 0 Å². The molecule has 0 heterocycles. The molecule has 12 heavy (non-hydrogen) atoms. The zero-order chi connectivity index (χ0) is 9.07. The van der Waals surface area contributed by atoms with E-state index in [9.17, 15) is 13.2 Å². The van der Waals surface area contributed by atoms with Crippen LogP contribution in [0.25, 0.3) is 4.72 Å². The van der Waals surface area contributed by atoms with E-state index in [4.69, 9.17) is 5.11 Å². The molecule has 0 fully saturated rings. The summed E-state index contributed by atoms with van der Waals surface area (Å²) in [7, 11) is -3.58. The maximum atomic E-state index is 10.4. The average Bonchev–Trinajstić information content (AvgIpc) is 1.80. The summed E-state index contributed by atoms with van der Waals surface area (Å²) in [6.45, 7) is 3.25. The first-order valence-corrected chi connectivity index (χ1v) is 4.66. The number of nitrogens with zero attached hydrogens (tertiary/aromatic N) is 1. The van der Waals surface area contributed by atoms with Gasteiger partial charge in [-0.1, -0.05) is 6.04 Å². The molecule has 0 aromatic heterocycles. The van der Waals surface area contributed by atoms with E-state index in [1.807, 2.05) is 0 Å². The van der Waals surface area contributed by atoms with Gasteiger partial charge >= 0.3 is 21.1 Å². The van der Waals surface area contributed by atoms with Gasteiger partial charge in [0, 0.05) is 6.26 Å². The van der Waals surface area contributed by atoms with Gasteiger partial charge in [-0.15, -0.1) is 0 Å². The molecule has 0 aliphatic carbocycles. The number of sulfonamides is 1. The van der Waals surface area contributed by atoms with Gasteiger partial charge < -0.3 is 16.8 Å². The Hall–Kier alpha value is 0.0683. The fourth-order valence-electron chi connectivity index (χ4n) is 0.452. The molecule has 0 radical (unpaired) electrons. The molecule has 1 unspecified atom stereocenters. The summed E-state index contributed by atoms with van der Waals surface area (Å²) in [4.78, 5) is 10.2. The number of rotatable bonds is 4. The molecular formula is C5H9NO4SW. The molecule has 7 heteroatoms. The molecular weight excluding hydrogens is 354 g/mol. The summed E-state index contributed by atoms with van der Waals surface area (Å²) < 4.78 is 23.9. The Bertz CT molecular complexity index is 238. The summed E-state index contributed by atoms with van der Waals surface area (Å²) in [6.07, 6.45) is 0.779. The minimum absolute atomic E-state index is 0. The zero-order valence-electron chi connectivity index (χ0n) is 6.43. The van der Waals surface area contributed by atoms with Crippen LogP contribution in [0, 0.1) is 6.92 Å². The van der Waals surface area contributed by atoms with Crippen molar-refractivity contribution in [2.45, 2.75) is 12.5 Å². The van der Waals surface area contributed by atoms with Gasteiger partial charge in [0.25, 0.3) is 5.97 Å². The third-order valence-corrected chi connectivity index (χ3v) is 1.51. The van der Waals surface area contributed by atoms with Crippen LogP contribution in [0.15, 0.2) is 0 Å². The number of carboxylic acids is 1. The fourth-order valence-corrected chi connectivity index (χ4v) is 1.11. The Kier molecular flexibility index (Phi) is 6.89. The Morgan fingerprint density at radius 1 is 1.67 bits per heavy atom. The van der Waals surface area contributed by atoms with E-state index in [0.29, 0.717) is 0 Å². The molecule has 1 atom stereocenters. The largest absolute Gasteiger partial charge is 2.00 e. The average molecular weight is 363 g/mol. The summed E-state index contributed by atoms with van der Waals surface area (Å²) in [5.41, 5.74) is 0. The van der Waals surface area contributed by atoms with Crippen LogP contribution in [0.4, 0.5) is 0 Å². The van der Waals surface area contributed by atoms with E-state index in [1.54, 1.807) is 0 Å². The van der Waals surface area contributed by atoms with Gasteiger partial charge in [0.15, 0.2) is 0 Å². The van der Waals surface area contributed by atoms with Crippen molar-refractivity contribution in [2.75, 3.05) is 6.26 Å². The minimum atomic E-state index is -3.58. The molecule has 0 saturated carbocycles. The van der Waals surface area contributed by atoms with Crippen LogP contribution in [-0.4, -0.2) is 31.8 Å². The van der Waals surface area contributed by atoms with Crippen LogP contribution in [0.2, 0.25) is 0 Å². The smallest absolute Gasteiger partial charge is 0.539 e. The minimum Gasteiger partial charge on any atom is -0.539 e. The van der Waals surface area contributed by atoms with E-state index < -0.39 is 22.0 Å². The normalized spacial score (nSPS) is 13.2. The van der Waals surface area contributed by atoms with Gasteiger partial charge in [0.1, 0.15) is 0 Å². The summed E-state index contributed by atoms with van der Waals surface area (Å²) in [5.74, 6) is -1.27. The van der Waals surface area contributed by atoms with Crippen molar-refractivity contribution in [3.63, 3.8) is 0 Å². The van der Waals surface area contributed by atoms with Crippen LogP contribution in [0.3, 0.4) is 0 Å². The second-order valence-electron chi connectivity index (χ2n) is 1.98. The van der Waals surface area contributed by atoms with E-state index in [1.165, 1.54) is 0 Å². The summed E-state index contributed by atoms with van der Waals surface area (Å²) in [6, 6.07) is -1.25. The van der Waals surface area contributed by atoms with E-state index in [2.05, 4.69) is 11.6 Å². The van der Waals surface area contributed by atoms with Crippen molar-refractivity contribution in [1.29, 1.82) is 0 Å². The van der Waals surface area contributed by atoms with E-state index in [0.717, 1.165) is 6.26 Å². The predicted molar refractivity (Wildman–Crippen MR) is 39.6 cm³/mol. The van der Waals surface area contributed by atoms with Gasteiger partial charge in [-0.2, -0.15) is 6.42 Å². The van der Waals surface area contributed by atoms with Gasteiger partial charge in [0.05, 0.1) is 10.0 Å². The maximum Gasteiger partial charge on any atom is 2.00 e. The second-order valence-corrected chi connectivity index (χ2v) is 3.66. The standard InChI is InChI=1S/C5H9NO4S.W/c1-3-4(5(7)8)6-11(2,9)10;/h4H,1,3H2,2H3,(H,7,8);/q-2;+2. The maximum absolute atomic E-state index is 10.4. The quantitative estimate of drug-likeness (QED) is 0.713. The zero-order valence-corrected chi connectivity index (χ0v) is 10.2. The number of hydrogen-bond donors (Lipinski definition) is 1. The Morgan fingerprint density at radius 2 is 2.08 bits per heavy atom. The van der Waals surface area contributed by atoms with Crippen molar-refractivity contribution in [3.05, 3.63) is 11.6 Å². The third-order valence-electron chi connectivity index (χ3n) is 0.877. The number of carbonyl (C=O) groups is 1. The predicted octanol–water partition coefficient (Wildman–Crippen LogP) is -0.00541. The number of aliphatic carboxylic acids is 1. The first-order valence-electron chi connectivity index (χ1n) is 2.81. The molecule has 0 aliphatic heterocycles. The van der Waals surface area contributed by atoms with Crippen LogP contribution < -0.4 is 0 Å². The molecule has 0 aromatic rings. The fraction of sp³-hybridized carbons (Fsp3) is 0.600. The molecule has 5 nitrogen and oxygen atoms in total. The first kappa shape index (κ1) is 14.6. The van der Waals surface area contributed by atoms with Gasteiger partial charge in [-0.3, -0.25) is 4.79 Å². The van der Waals surface area contributed by atoms with Gasteiger partial charge in [-0.25, -0.2) is 8.42 Å². The van der Waals surface area contributed by atoms with Crippen molar-refractivity contribution in [2.24, 2.45) is 0 Å². The topological polar surface area (TPSA) is 85.5 Å². The van der Waals surface area contributed by atoms with Crippen molar-refractivity contribution in [3.8, 4) is 0 Å². The Balaban J connectivity index is 0. The Labute approximate surface area is 85.9 Å². The summed E-state index contributed by atoms with van der Waals surface area (Å²) in [5, 5.41) is 8.34. The molecule has 0 aliphatic rings. The van der Waals surface area contributed by atoms with Crippen molar-refractivity contribution in [1.82, 2.24) is 0 Å². The SMILES string of the molecule is [CH2-]CC([N-]S(C)(=O)=O)C(=O)O.[W+2]. The monoisotopic (exact) mass is 363 g/mol. The summed E-state index contributed by atoms with van der Waals surface area (Å²) >= 11 is 0. The van der Waals surface area contributed by atoms with E-state index >= 15 is 0 Å². The second kappa shape index (κ2) is 5.67. The number of carboxylic acid groups (broad SMARTS) is 1. The molecule has 1 N–H and O–H groups in total. The molecule has 0 bridgehead atoms. The van der Waals surface area contributed by atoms with Crippen molar-refractivity contribution >= 4 is 16.0 Å². The molecule has 70 valence electrons. The molecule has 0 spiro atoms. The first-order chi connectivity index (χ1) is 4.87. The van der Waals surface area contributed by atoms with Crippen LogP contribution in [0.1, 0.15) is 6.42 Å². The van der Waals surface area contributed by atoms with Crippen LogP contribution in [-0.2, 0) is 35.9 Å². The van der Waals surface area contributed by atoms with Crippen molar-refractivity contribution < 1.29 is 39.4 Å². The van der Waals surface area contributed by atoms with Gasteiger partial charge in [0.2, 0.25) is 0 Å². The third kappa shape index (κ3) is 6.76. The Morgan fingerprint density at radius 3 is 2.17 bits per heavy atom. The number of hydrogen-bond acceptors (Lipinski definition) is 3. The molecule has 0 aromatic carbocycles. The molecule has 0 saturated heterocycles. The van der Waals surface area contributed by atoms with E-state index in [-0.39, 0.29) is 27.5 Å². The van der Waals surface area contributed by atoms with Crippen LogP contribution in [0.5, 0.6) is 0 Å².